The third-order valence-corrected chi connectivity index (χ3v) is 2.63. The molecule has 1 heterocycles. The molecule has 1 aliphatic heterocycles. The lowest BCUT2D eigenvalue weighted by atomic mass is 9.89. The zero-order chi connectivity index (χ0) is 12.5. The summed E-state index contributed by atoms with van der Waals surface area (Å²) in [5.74, 6) is -1.65. The fourth-order valence-electron chi connectivity index (χ4n) is 1.75. The number of hydrogen-bond donors (Lipinski definition) is 3. The summed E-state index contributed by atoms with van der Waals surface area (Å²) in [4.78, 5) is 22.6. The molecule has 90 valence electrons. The van der Waals surface area contributed by atoms with Crippen molar-refractivity contribution in [3.05, 3.63) is 29.8 Å². The smallest absolute Gasteiger partial charge is 0.336 e. The molecule has 0 radical (unpaired) electrons. The number of hydrogen-bond acceptors (Lipinski definition) is 4. The Hall–Kier alpha value is -2.08. The van der Waals surface area contributed by atoms with Crippen LogP contribution in [-0.2, 0) is 19.9 Å². The Labute approximate surface area is 96.8 Å². The molecule has 17 heavy (non-hydrogen) atoms. The number of aliphatic carboxylic acids is 1. The van der Waals surface area contributed by atoms with Crippen LogP contribution in [0.5, 0.6) is 5.75 Å². The summed E-state index contributed by atoms with van der Waals surface area (Å²) < 4.78 is 4.99. The van der Waals surface area contributed by atoms with E-state index >= 15 is 0 Å². The van der Waals surface area contributed by atoms with Gasteiger partial charge in [0.25, 0.3) is 0 Å². The Morgan fingerprint density at radius 3 is 2.53 bits per heavy atom. The van der Waals surface area contributed by atoms with Crippen molar-refractivity contribution in [1.82, 2.24) is 5.32 Å². The zero-order valence-electron chi connectivity index (χ0n) is 8.84. The van der Waals surface area contributed by atoms with E-state index in [1.54, 1.807) is 0 Å². The second-order valence-corrected chi connectivity index (χ2v) is 3.80. The summed E-state index contributed by atoms with van der Waals surface area (Å²) in [7, 11) is 0. The number of morpholine rings is 1. The third kappa shape index (κ3) is 1.94. The molecule has 1 unspecified atom stereocenters. The Kier molecular flexibility index (Phi) is 2.72. The molecule has 1 fully saturated rings. The first-order valence-electron chi connectivity index (χ1n) is 4.96. The number of carbonyl (C=O) groups is 2. The van der Waals surface area contributed by atoms with Crippen LogP contribution in [0, 0.1) is 0 Å². The van der Waals surface area contributed by atoms with Crippen molar-refractivity contribution in [2.45, 2.75) is 5.54 Å². The van der Waals surface area contributed by atoms with Crippen LogP contribution in [0.1, 0.15) is 5.56 Å². The second kappa shape index (κ2) is 4.06. The summed E-state index contributed by atoms with van der Waals surface area (Å²) in [5.41, 5.74) is -1.22. The highest BCUT2D eigenvalue weighted by atomic mass is 16.5. The van der Waals surface area contributed by atoms with Gasteiger partial charge in [0.05, 0.1) is 6.61 Å². The fourth-order valence-corrected chi connectivity index (χ4v) is 1.75. The normalized spacial score (nSPS) is 24.1. The minimum Gasteiger partial charge on any atom is -0.508 e. The maximum Gasteiger partial charge on any atom is 0.336 e. The average Bonchev–Trinajstić information content (AvgIpc) is 2.29. The lowest BCUT2D eigenvalue weighted by molar-refractivity contribution is -0.158. The van der Waals surface area contributed by atoms with E-state index in [9.17, 15) is 14.7 Å². The van der Waals surface area contributed by atoms with Crippen molar-refractivity contribution in [3.8, 4) is 5.75 Å². The van der Waals surface area contributed by atoms with Crippen molar-refractivity contribution in [2.24, 2.45) is 0 Å². The number of carboxylic acids is 1. The maximum atomic E-state index is 11.4. The molecule has 0 saturated carbocycles. The van der Waals surface area contributed by atoms with Crippen LogP contribution < -0.4 is 5.32 Å². The van der Waals surface area contributed by atoms with Gasteiger partial charge in [-0.3, -0.25) is 4.79 Å². The monoisotopic (exact) mass is 237 g/mol. The molecule has 0 spiro atoms. The summed E-state index contributed by atoms with van der Waals surface area (Å²) in [5, 5.41) is 20.9. The van der Waals surface area contributed by atoms with Crippen LogP contribution >= 0.6 is 0 Å². The Balaban J connectivity index is 2.43. The van der Waals surface area contributed by atoms with E-state index in [1.807, 2.05) is 0 Å². The number of ether oxygens (including phenoxy) is 1. The van der Waals surface area contributed by atoms with E-state index in [1.165, 1.54) is 24.3 Å². The van der Waals surface area contributed by atoms with Crippen molar-refractivity contribution in [2.75, 3.05) is 13.2 Å². The van der Waals surface area contributed by atoms with Crippen LogP contribution in [-0.4, -0.2) is 35.3 Å². The molecule has 1 saturated heterocycles. The van der Waals surface area contributed by atoms with Crippen molar-refractivity contribution >= 4 is 11.9 Å². The van der Waals surface area contributed by atoms with E-state index in [-0.39, 0.29) is 19.0 Å². The van der Waals surface area contributed by atoms with E-state index in [0.717, 1.165) is 0 Å². The molecule has 3 N–H and O–H groups in total. The number of phenols is 1. The Bertz CT molecular complexity index is 455. The minimum absolute atomic E-state index is 0.0253. The lowest BCUT2D eigenvalue weighted by Crippen LogP contribution is -2.59. The Morgan fingerprint density at radius 1 is 1.35 bits per heavy atom. The average molecular weight is 237 g/mol. The number of carbonyl (C=O) groups excluding carboxylic acids is 1. The molecule has 1 aromatic rings. The number of amides is 1. The van der Waals surface area contributed by atoms with E-state index in [2.05, 4.69) is 5.32 Å². The molecule has 1 atom stereocenters. The van der Waals surface area contributed by atoms with Crippen LogP contribution in [0.3, 0.4) is 0 Å². The van der Waals surface area contributed by atoms with Crippen molar-refractivity contribution in [3.63, 3.8) is 0 Å². The van der Waals surface area contributed by atoms with Gasteiger partial charge in [-0.1, -0.05) is 12.1 Å². The predicted molar refractivity (Wildman–Crippen MR) is 56.4 cm³/mol. The van der Waals surface area contributed by atoms with E-state index in [0.29, 0.717) is 5.56 Å². The third-order valence-electron chi connectivity index (χ3n) is 2.63. The van der Waals surface area contributed by atoms with Gasteiger partial charge in [0.2, 0.25) is 5.91 Å². The van der Waals surface area contributed by atoms with Crippen LogP contribution in [0.2, 0.25) is 0 Å². The molecule has 6 nitrogen and oxygen atoms in total. The first-order valence-corrected chi connectivity index (χ1v) is 4.96. The number of nitrogens with one attached hydrogen (secondary N) is 1. The van der Waals surface area contributed by atoms with Gasteiger partial charge in [-0.25, -0.2) is 4.79 Å². The van der Waals surface area contributed by atoms with Gasteiger partial charge >= 0.3 is 5.97 Å². The van der Waals surface area contributed by atoms with Crippen molar-refractivity contribution in [1.29, 1.82) is 0 Å². The SMILES string of the molecule is O=C1COCC(C(=O)O)(c2ccc(O)cc2)N1. The van der Waals surface area contributed by atoms with Gasteiger partial charge in [0.15, 0.2) is 5.54 Å². The number of benzene rings is 1. The largest absolute Gasteiger partial charge is 0.508 e. The lowest BCUT2D eigenvalue weighted by Gasteiger charge is -2.34. The van der Waals surface area contributed by atoms with Crippen LogP contribution in [0.15, 0.2) is 24.3 Å². The highest BCUT2D eigenvalue weighted by Crippen LogP contribution is 2.26. The molecule has 0 bridgehead atoms. The summed E-state index contributed by atoms with van der Waals surface area (Å²) in [6.07, 6.45) is 0. The topological polar surface area (TPSA) is 95.9 Å². The van der Waals surface area contributed by atoms with Crippen molar-refractivity contribution < 1.29 is 24.5 Å². The van der Waals surface area contributed by atoms with E-state index < -0.39 is 17.4 Å². The first-order chi connectivity index (χ1) is 8.04. The fraction of sp³-hybridized carbons (Fsp3) is 0.273. The van der Waals surface area contributed by atoms with Gasteiger partial charge in [0, 0.05) is 0 Å². The number of aromatic hydroxyl groups is 1. The summed E-state index contributed by atoms with van der Waals surface area (Å²) in [6, 6.07) is 5.61. The second-order valence-electron chi connectivity index (χ2n) is 3.80. The molecule has 1 aliphatic rings. The molecule has 6 heteroatoms. The number of phenolic OH excluding ortho intramolecular Hbond substituents is 1. The van der Waals surface area contributed by atoms with E-state index in [4.69, 9.17) is 9.84 Å². The molecule has 0 aromatic heterocycles. The van der Waals surface area contributed by atoms with Crippen LogP contribution in [0.25, 0.3) is 0 Å². The van der Waals surface area contributed by atoms with Gasteiger partial charge < -0.3 is 20.3 Å². The molecule has 2 rings (SSSR count). The van der Waals surface area contributed by atoms with Gasteiger partial charge in [-0.15, -0.1) is 0 Å². The van der Waals surface area contributed by atoms with Gasteiger partial charge in [-0.2, -0.15) is 0 Å². The molecular weight excluding hydrogens is 226 g/mol. The summed E-state index contributed by atoms with van der Waals surface area (Å²) >= 11 is 0. The quantitative estimate of drug-likeness (QED) is 0.663. The van der Waals surface area contributed by atoms with Gasteiger partial charge in [-0.05, 0) is 17.7 Å². The van der Waals surface area contributed by atoms with Crippen LogP contribution in [0.4, 0.5) is 0 Å². The Morgan fingerprint density at radius 2 is 2.00 bits per heavy atom. The maximum absolute atomic E-state index is 11.4. The standard InChI is InChI=1S/C11H11NO5/c13-8-3-1-7(2-4-8)11(10(15)16)6-17-5-9(14)12-11/h1-4,13H,5-6H2,(H,12,14)(H,15,16). The minimum atomic E-state index is -1.58. The highest BCUT2D eigenvalue weighted by molar-refractivity contribution is 5.89. The van der Waals surface area contributed by atoms with Gasteiger partial charge in [0.1, 0.15) is 12.4 Å². The number of carboxylic acid groups (broad SMARTS) is 1. The molecule has 1 aromatic carbocycles. The zero-order valence-corrected chi connectivity index (χ0v) is 8.84. The first kappa shape index (κ1) is 11.4. The highest BCUT2D eigenvalue weighted by Gasteiger charge is 2.44. The molecule has 1 amide bonds. The molecule has 0 aliphatic carbocycles. The number of rotatable bonds is 2. The molecular formula is C11H11NO5. The summed E-state index contributed by atoms with van der Waals surface area (Å²) in [6.45, 7) is -0.286. The predicted octanol–water partition coefficient (Wildman–Crippen LogP) is -0.181.